The molecule has 70 valence electrons. The highest BCUT2D eigenvalue weighted by atomic mass is 16.3. The predicted octanol–water partition coefficient (Wildman–Crippen LogP) is 2.17. The van der Waals surface area contributed by atoms with Gasteiger partial charge in [0.1, 0.15) is 11.9 Å². The van der Waals surface area contributed by atoms with Crippen molar-refractivity contribution in [2.45, 2.75) is 19.4 Å². The number of aryl methyl sites for hydroxylation is 1. The summed E-state index contributed by atoms with van der Waals surface area (Å²) in [5.74, 6) is 0.131. The molecular formula is C11H14O2. The van der Waals surface area contributed by atoms with Crippen molar-refractivity contribution < 1.29 is 10.2 Å². The molecule has 0 aliphatic heterocycles. The number of aliphatic hydroxyl groups excluding tert-OH is 1. The van der Waals surface area contributed by atoms with Crippen LogP contribution in [0.3, 0.4) is 0 Å². The summed E-state index contributed by atoms with van der Waals surface area (Å²) in [5, 5.41) is 19.1. The maximum atomic E-state index is 9.54. The zero-order valence-corrected chi connectivity index (χ0v) is 7.70. The summed E-state index contributed by atoms with van der Waals surface area (Å²) in [6.07, 6.45) is 1.42. The van der Waals surface area contributed by atoms with Crippen LogP contribution in [0.5, 0.6) is 5.75 Å². The third-order valence-corrected chi connectivity index (χ3v) is 2.07. The van der Waals surface area contributed by atoms with Gasteiger partial charge in [0.2, 0.25) is 0 Å². The highest BCUT2D eigenvalue weighted by Gasteiger charge is 2.12. The van der Waals surface area contributed by atoms with E-state index in [0.717, 1.165) is 12.0 Å². The molecule has 2 N–H and O–H groups in total. The topological polar surface area (TPSA) is 40.5 Å². The standard InChI is InChI=1S/C11H14O2/c1-3-8-6-5-7-10(13)11(8)9(12)4-2/h4-7,9,12-13H,2-3H2,1H3. The fourth-order valence-corrected chi connectivity index (χ4v) is 1.37. The van der Waals surface area contributed by atoms with Crippen LogP contribution in [0.15, 0.2) is 30.9 Å². The van der Waals surface area contributed by atoms with Crippen molar-refractivity contribution in [2.75, 3.05) is 0 Å². The molecule has 2 nitrogen and oxygen atoms in total. The van der Waals surface area contributed by atoms with E-state index in [2.05, 4.69) is 6.58 Å². The lowest BCUT2D eigenvalue weighted by Gasteiger charge is -2.12. The Bertz CT molecular complexity index is 305. The van der Waals surface area contributed by atoms with Crippen molar-refractivity contribution in [3.05, 3.63) is 42.0 Å². The zero-order chi connectivity index (χ0) is 9.84. The van der Waals surface area contributed by atoms with Crippen LogP contribution < -0.4 is 0 Å². The van der Waals surface area contributed by atoms with Gasteiger partial charge in [0, 0.05) is 5.56 Å². The van der Waals surface area contributed by atoms with Gasteiger partial charge in [-0.2, -0.15) is 0 Å². The number of hydrogen-bond donors (Lipinski definition) is 2. The van der Waals surface area contributed by atoms with Crippen LogP contribution in [-0.2, 0) is 6.42 Å². The molecule has 0 aliphatic rings. The summed E-state index contributed by atoms with van der Waals surface area (Å²) >= 11 is 0. The van der Waals surface area contributed by atoms with Crippen molar-refractivity contribution >= 4 is 0 Å². The predicted molar refractivity (Wildman–Crippen MR) is 52.6 cm³/mol. The van der Waals surface area contributed by atoms with Crippen LogP contribution in [0.2, 0.25) is 0 Å². The Labute approximate surface area is 78.2 Å². The Balaban J connectivity index is 3.22. The summed E-state index contributed by atoms with van der Waals surface area (Å²) in [5.41, 5.74) is 1.52. The Kier molecular flexibility index (Phi) is 3.09. The van der Waals surface area contributed by atoms with Gasteiger partial charge < -0.3 is 10.2 Å². The van der Waals surface area contributed by atoms with Gasteiger partial charge in [-0.1, -0.05) is 25.1 Å². The lowest BCUT2D eigenvalue weighted by molar-refractivity contribution is 0.223. The number of aliphatic hydroxyl groups is 1. The Morgan fingerprint density at radius 1 is 1.54 bits per heavy atom. The first-order valence-corrected chi connectivity index (χ1v) is 4.32. The first-order chi connectivity index (χ1) is 6.20. The number of phenolic OH excluding ortho intramolecular Hbond substituents is 1. The maximum absolute atomic E-state index is 9.54. The summed E-state index contributed by atoms with van der Waals surface area (Å²) in [6, 6.07) is 5.23. The van der Waals surface area contributed by atoms with E-state index < -0.39 is 6.10 Å². The second-order valence-electron chi connectivity index (χ2n) is 2.88. The molecule has 0 saturated carbocycles. The van der Waals surface area contributed by atoms with Crippen molar-refractivity contribution in [2.24, 2.45) is 0 Å². The minimum atomic E-state index is -0.781. The zero-order valence-electron chi connectivity index (χ0n) is 7.70. The van der Waals surface area contributed by atoms with E-state index in [4.69, 9.17) is 0 Å². The lowest BCUT2D eigenvalue weighted by atomic mass is 9.99. The number of aromatic hydroxyl groups is 1. The van der Waals surface area contributed by atoms with Gasteiger partial charge >= 0.3 is 0 Å². The third kappa shape index (κ3) is 1.90. The van der Waals surface area contributed by atoms with Crippen LogP contribution >= 0.6 is 0 Å². The molecule has 0 heterocycles. The van der Waals surface area contributed by atoms with Crippen molar-refractivity contribution in [3.63, 3.8) is 0 Å². The summed E-state index contributed by atoms with van der Waals surface area (Å²) < 4.78 is 0. The number of phenols is 1. The largest absolute Gasteiger partial charge is 0.508 e. The quantitative estimate of drug-likeness (QED) is 0.696. The SMILES string of the molecule is C=CC(O)c1c(O)cccc1CC. The Hall–Kier alpha value is -1.28. The molecule has 2 heteroatoms. The molecule has 0 radical (unpaired) electrons. The monoisotopic (exact) mass is 178 g/mol. The molecule has 0 aliphatic carbocycles. The van der Waals surface area contributed by atoms with E-state index in [1.54, 1.807) is 12.1 Å². The molecule has 0 amide bonds. The molecule has 1 unspecified atom stereocenters. The van der Waals surface area contributed by atoms with Crippen LogP contribution in [0.4, 0.5) is 0 Å². The fraction of sp³-hybridized carbons (Fsp3) is 0.273. The molecular weight excluding hydrogens is 164 g/mol. The van der Waals surface area contributed by atoms with E-state index in [9.17, 15) is 10.2 Å². The van der Waals surface area contributed by atoms with E-state index in [1.165, 1.54) is 6.08 Å². The van der Waals surface area contributed by atoms with Gasteiger partial charge in [-0.05, 0) is 18.1 Å². The average molecular weight is 178 g/mol. The molecule has 0 bridgehead atoms. The number of rotatable bonds is 3. The molecule has 0 saturated heterocycles. The van der Waals surface area contributed by atoms with Crippen LogP contribution in [0.25, 0.3) is 0 Å². The molecule has 1 aromatic rings. The van der Waals surface area contributed by atoms with E-state index >= 15 is 0 Å². The Morgan fingerprint density at radius 2 is 2.23 bits per heavy atom. The first-order valence-electron chi connectivity index (χ1n) is 4.32. The van der Waals surface area contributed by atoms with E-state index in [0.29, 0.717) is 5.56 Å². The van der Waals surface area contributed by atoms with Crippen molar-refractivity contribution in [1.29, 1.82) is 0 Å². The second-order valence-corrected chi connectivity index (χ2v) is 2.88. The maximum Gasteiger partial charge on any atom is 0.121 e. The molecule has 13 heavy (non-hydrogen) atoms. The highest BCUT2D eigenvalue weighted by Crippen LogP contribution is 2.28. The van der Waals surface area contributed by atoms with Gasteiger partial charge in [-0.15, -0.1) is 6.58 Å². The lowest BCUT2D eigenvalue weighted by Crippen LogP contribution is -1.98. The third-order valence-electron chi connectivity index (χ3n) is 2.07. The smallest absolute Gasteiger partial charge is 0.121 e. The van der Waals surface area contributed by atoms with Gasteiger partial charge in [0.25, 0.3) is 0 Å². The van der Waals surface area contributed by atoms with Gasteiger partial charge in [0.15, 0.2) is 0 Å². The molecule has 1 aromatic carbocycles. The van der Waals surface area contributed by atoms with Crippen LogP contribution in [0, 0.1) is 0 Å². The average Bonchev–Trinajstić information content (AvgIpc) is 2.16. The minimum Gasteiger partial charge on any atom is -0.508 e. The number of benzene rings is 1. The molecule has 1 atom stereocenters. The van der Waals surface area contributed by atoms with Crippen LogP contribution in [0.1, 0.15) is 24.2 Å². The molecule has 1 rings (SSSR count). The Morgan fingerprint density at radius 3 is 2.77 bits per heavy atom. The molecule has 0 spiro atoms. The highest BCUT2D eigenvalue weighted by molar-refractivity contribution is 5.42. The van der Waals surface area contributed by atoms with Crippen molar-refractivity contribution in [3.8, 4) is 5.75 Å². The van der Waals surface area contributed by atoms with E-state index in [-0.39, 0.29) is 5.75 Å². The summed E-state index contributed by atoms with van der Waals surface area (Å²) in [7, 11) is 0. The normalized spacial score (nSPS) is 12.5. The first kappa shape index (κ1) is 9.81. The van der Waals surface area contributed by atoms with Crippen LogP contribution in [-0.4, -0.2) is 10.2 Å². The second kappa shape index (κ2) is 4.10. The minimum absolute atomic E-state index is 0.131. The van der Waals surface area contributed by atoms with Gasteiger partial charge in [-0.25, -0.2) is 0 Å². The van der Waals surface area contributed by atoms with E-state index in [1.807, 2.05) is 13.0 Å². The molecule has 0 fully saturated rings. The summed E-state index contributed by atoms with van der Waals surface area (Å²) in [4.78, 5) is 0. The van der Waals surface area contributed by atoms with Gasteiger partial charge in [0.05, 0.1) is 0 Å². The van der Waals surface area contributed by atoms with Gasteiger partial charge in [-0.3, -0.25) is 0 Å². The summed E-state index contributed by atoms with van der Waals surface area (Å²) in [6.45, 7) is 5.47. The number of hydrogen-bond acceptors (Lipinski definition) is 2. The van der Waals surface area contributed by atoms with Crippen molar-refractivity contribution in [1.82, 2.24) is 0 Å². The fourth-order valence-electron chi connectivity index (χ4n) is 1.37. The molecule has 0 aromatic heterocycles.